The summed E-state index contributed by atoms with van der Waals surface area (Å²) in [4.78, 5) is 0. The molecular weight excluding hydrogens is 159 g/mol. The van der Waals surface area contributed by atoms with Crippen molar-refractivity contribution in [1.82, 2.24) is 0 Å². The maximum atomic E-state index is 12.4. The van der Waals surface area contributed by atoms with Gasteiger partial charge in [0.05, 0.1) is 6.61 Å². The Bertz CT molecular complexity index is 233. The van der Waals surface area contributed by atoms with Crippen LogP contribution < -0.4 is 4.74 Å². The van der Waals surface area contributed by atoms with E-state index in [0.717, 1.165) is 0 Å². The molecule has 0 heterocycles. The zero-order valence-electron chi connectivity index (χ0n) is 6.83. The largest absolute Gasteiger partial charge is 0.488 e. The summed E-state index contributed by atoms with van der Waals surface area (Å²) in [6, 6.07) is 5.70. The fourth-order valence-corrected chi connectivity index (χ4v) is 0.783. The molecular formula is C9H11FO2. The lowest BCUT2D eigenvalue weighted by Gasteiger charge is -2.10. The molecule has 1 atom stereocenters. The Morgan fingerprint density at radius 2 is 2.00 bits per heavy atom. The maximum absolute atomic E-state index is 12.4. The number of hydrogen-bond donors (Lipinski definition) is 1. The van der Waals surface area contributed by atoms with Crippen molar-refractivity contribution in [2.45, 2.75) is 13.0 Å². The van der Waals surface area contributed by atoms with Crippen molar-refractivity contribution in [3.05, 3.63) is 30.1 Å². The summed E-state index contributed by atoms with van der Waals surface area (Å²) in [6.07, 6.45) is -0.254. The van der Waals surface area contributed by atoms with Crippen LogP contribution in [0.4, 0.5) is 4.39 Å². The fourth-order valence-electron chi connectivity index (χ4n) is 0.783. The molecule has 0 bridgehead atoms. The highest BCUT2D eigenvalue weighted by molar-refractivity contribution is 5.22. The van der Waals surface area contributed by atoms with Crippen LogP contribution in [-0.4, -0.2) is 17.8 Å². The lowest BCUT2D eigenvalue weighted by atomic mass is 10.3. The number of rotatable bonds is 3. The highest BCUT2D eigenvalue weighted by Crippen LogP contribution is 2.12. The van der Waals surface area contributed by atoms with Crippen LogP contribution in [0.2, 0.25) is 0 Å². The Labute approximate surface area is 70.6 Å². The van der Waals surface area contributed by atoms with Crippen molar-refractivity contribution in [3.8, 4) is 5.75 Å². The van der Waals surface area contributed by atoms with Crippen molar-refractivity contribution in [3.63, 3.8) is 0 Å². The summed E-state index contributed by atoms with van der Waals surface area (Å²) in [5.41, 5.74) is 0. The minimum atomic E-state index is -0.293. The summed E-state index contributed by atoms with van der Waals surface area (Å²) < 4.78 is 17.6. The number of hydrogen-bond acceptors (Lipinski definition) is 2. The third-order valence-electron chi connectivity index (χ3n) is 1.41. The smallest absolute Gasteiger partial charge is 0.123 e. The van der Waals surface area contributed by atoms with Crippen molar-refractivity contribution in [1.29, 1.82) is 0 Å². The second-order valence-corrected chi connectivity index (χ2v) is 2.56. The van der Waals surface area contributed by atoms with Gasteiger partial charge in [-0.2, -0.15) is 0 Å². The Kier molecular flexibility index (Phi) is 3.05. The van der Waals surface area contributed by atoms with E-state index >= 15 is 0 Å². The molecule has 0 aliphatic carbocycles. The standard InChI is InChI=1S/C9H11FO2/c1-7(6-11)12-9-4-2-8(10)3-5-9/h2-5,7,11H,6H2,1H3. The Balaban J connectivity index is 2.58. The first-order chi connectivity index (χ1) is 5.72. The summed E-state index contributed by atoms with van der Waals surface area (Å²) in [5, 5.41) is 8.65. The summed E-state index contributed by atoms with van der Waals surface area (Å²) >= 11 is 0. The maximum Gasteiger partial charge on any atom is 0.123 e. The molecule has 2 nitrogen and oxygen atoms in total. The molecule has 0 fully saturated rings. The minimum absolute atomic E-state index is 0.0443. The Morgan fingerprint density at radius 1 is 1.42 bits per heavy atom. The van der Waals surface area contributed by atoms with Crippen LogP contribution in [-0.2, 0) is 0 Å². The molecule has 0 saturated carbocycles. The zero-order valence-corrected chi connectivity index (χ0v) is 6.83. The second kappa shape index (κ2) is 4.07. The van der Waals surface area contributed by atoms with Crippen LogP contribution in [0, 0.1) is 5.82 Å². The summed E-state index contributed by atoms with van der Waals surface area (Å²) in [7, 11) is 0. The second-order valence-electron chi connectivity index (χ2n) is 2.56. The van der Waals surface area contributed by atoms with E-state index in [2.05, 4.69) is 0 Å². The van der Waals surface area contributed by atoms with Gasteiger partial charge in [0.2, 0.25) is 0 Å². The van der Waals surface area contributed by atoms with Crippen LogP contribution in [0.3, 0.4) is 0 Å². The fraction of sp³-hybridized carbons (Fsp3) is 0.333. The Hall–Kier alpha value is -1.09. The van der Waals surface area contributed by atoms with Crippen LogP contribution in [0.1, 0.15) is 6.92 Å². The SMILES string of the molecule is CC(CO)Oc1ccc(F)cc1. The van der Waals surface area contributed by atoms with Crippen LogP contribution in [0.5, 0.6) is 5.75 Å². The highest BCUT2D eigenvalue weighted by atomic mass is 19.1. The average molecular weight is 170 g/mol. The lowest BCUT2D eigenvalue weighted by molar-refractivity contribution is 0.129. The van der Waals surface area contributed by atoms with Gasteiger partial charge < -0.3 is 9.84 Å². The molecule has 12 heavy (non-hydrogen) atoms. The molecule has 1 rings (SSSR count). The Morgan fingerprint density at radius 3 is 2.50 bits per heavy atom. The molecule has 1 unspecified atom stereocenters. The molecule has 0 spiro atoms. The molecule has 0 radical (unpaired) electrons. The average Bonchev–Trinajstić information content (AvgIpc) is 2.09. The molecule has 0 aromatic heterocycles. The summed E-state index contributed by atoms with van der Waals surface area (Å²) in [6.45, 7) is 1.70. The van der Waals surface area contributed by atoms with Gasteiger partial charge in [0.25, 0.3) is 0 Å². The summed E-state index contributed by atoms with van der Waals surface area (Å²) in [5.74, 6) is 0.275. The van der Waals surface area contributed by atoms with E-state index in [1.165, 1.54) is 24.3 Å². The number of aliphatic hydroxyl groups excluding tert-OH is 1. The van der Waals surface area contributed by atoms with E-state index in [0.29, 0.717) is 5.75 Å². The van der Waals surface area contributed by atoms with E-state index in [1.807, 2.05) is 0 Å². The van der Waals surface area contributed by atoms with Crippen molar-refractivity contribution in [2.75, 3.05) is 6.61 Å². The van der Waals surface area contributed by atoms with Gasteiger partial charge in [-0.25, -0.2) is 4.39 Å². The van der Waals surface area contributed by atoms with Crippen molar-refractivity contribution in [2.24, 2.45) is 0 Å². The van der Waals surface area contributed by atoms with E-state index in [9.17, 15) is 4.39 Å². The number of ether oxygens (including phenoxy) is 1. The molecule has 0 aliphatic rings. The number of benzene rings is 1. The lowest BCUT2D eigenvalue weighted by Crippen LogP contribution is -2.15. The first-order valence-electron chi connectivity index (χ1n) is 3.75. The molecule has 66 valence electrons. The topological polar surface area (TPSA) is 29.5 Å². The van der Waals surface area contributed by atoms with Crippen LogP contribution in [0.25, 0.3) is 0 Å². The molecule has 0 amide bonds. The first-order valence-corrected chi connectivity index (χ1v) is 3.75. The minimum Gasteiger partial charge on any atom is -0.488 e. The van der Waals surface area contributed by atoms with Crippen molar-refractivity contribution >= 4 is 0 Å². The quantitative estimate of drug-likeness (QED) is 0.746. The van der Waals surface area contributed by atoms with E-state index in [1.54, 1.807) is 6.92 Å². The zero-order chi connectivity index (χ0) is 8.97. The van der Waals surface area contributed by atoms with Gasteiger partial charge in [-0.3, -0.25) is 0 Å². The molecule has 1 aromatic rings. The van der Waals surface area contributed by atoms with Gasteiger partial charge in [0.15, 0.2) is 0 Å². The number of halogens is 1. The monoisotopic (exact) mass is 170 g/mol. The van der Waals surface area contributed by atoms with Crippen LogP contribution >= 0.6 is 0 Å². The molecule has 3 heteroatoms. The molecule has 1 N–H and O–H groups in total. The van der Waals surface area contributed by atoms with E-state index < -0.39 is 0 Å². The predicted octanol–water partition coefficient (Wildman–Crippen LogP) is 1.59. The van der Waals surface area contributed by atoms with E-state index in [4.69, 9.17) is 9.84 Å². The molecule has 0 aliphatic heterocycles. The highest BCUT2D eigenvalue weighted by Gasteiger charge is 2.00. The third-order valence-corrected chi connectivity index (χ3v) is 1.41. The van der Waals surface area contributed by atoms with Gasteiger partial charge in [-0.05, 0) is 31.2 Å². The van der Waals surface area contributed by atoms with Crippen LogP contribution in [0.15, 0.2) is 24.3 Å². The molecule has 0 saturated heterocycles. The predicted molar refractivity (Wildman–Crippen MR) is 43.6 cm³/mol. The van der Waals surface area contributed by atoms with E-state index in [-0.39, 0.29) is 18.5 Å². The van der Waals surface area contributed by atoms with Gasteiger partial charge in [0.1, 0.15) is 17.7 Å². The molecule has 1 aromatic carbocycles. The van der Waals surface area contributed by atoms with Gasteiger partial charge in [-0.15, -0.1) is 0 Å². The van der Waals surface area contributed by atoms with Gasteiger partial charge in [0, 0.05) is 0 Å². The number of aliphatic hydroxyl groups is 1. The third kappa shape index (κ3) is 2.51. The van der Waals surface area contributed by atoms with Gasteiger partial charge >= 0.3 is 0 Å². The van der Waals surface area contributed by atoms with Gasteiger partial charge in [-0.1, -0.05) is 0 Å². The first kappa shape index (κ1) is 9.00. The van der Waals surface area contributed by atoms with Crippen molar-refractivity contribution < 1.29 is 14.2 Å². The normalized spacial score (nSPS) is 12.6.